The van der Waals surface area contributed by atoms with Crippen LogP contribution < -0.4 is 4.74 Å². The van der Waals surface area contributed by atoms with Crippen molar-refractivity contribution in [2.24, 2.45) is 0 Å². The highest BCUT2D eigenvalue weighted by Gasteiger charge is 2.09. The van der Waals surface area contributed by atoms with E-state index in [0.29, 0.717) is 19.8 Å². The monoisotopic (exact) mass is 294 g/mol. The number of fused-ring (bicyclic) bond motifs is 1. The largest absolute Gasteiger partial charge is 0.488 e. The number of hydrogen-bond donors (Lipinski definition) is 0. The summed E-state index contributed by atoms with van der Waals surface area (Å²) in [6.07, 6.45) is -0.328. The summed E-state index contributed by atoms with van der Waals surface area (Å²) in [5.41, 5.74) is 0. The van der Waals surface area contributed by atoms with E-state index in [1.165, 1.54) is 0 Å². The van der Waals surface area contributed by atoms with Gasteiger partial charge in [0.1, 0.15) is 12.4 Å². The summed E-state index contributed by atoms with van der Waals surface area (Å²) in [5.74, 6) is 0.796. The fourth-order valence-corrected chi connectivity index (χ4v) is 2.15. The Bertz CT molecular complexity index is 550. The summed E-state index contributed by atoms with van der Waals surface area (Å²) < 4.78 is 16.6. The molecule has 0 aliphatic heterocycles. The zero-order valence-electron chi connectivity index (χ0n) is 11.8. The minimum Gasteiger partial charge on any atom is -0.488 e. The van der Waals surface area contributed by atoms with Crippen LogP contribution in [0.5, 0.6) is 5.75 Å². The van der Waals surface area contributed by atoms with Crippen molar-refractivity contribution in [3.05, 3.63) is 41.4 Å². The molecule has 0 aromatic heterocycles. The molecular formula is C16H19ClO3. The molecule has 0 radical (unpaired) electrons. The average Bonchev–Trinajstić information content (AvgIpc) is 2.45. The highest BCUT2D eigenvalue weighted by atomic mass is 35.5. The predicted molar refractivity (Wildman–Crippen MR) is 81.5 cm³/mol. The van der Waals surface area contributed by atoms with Crippen LogP contribution in [0.15, 0.2) is 36.4 Å². The first-order valence-corrected chi connectivity index (χ1v) is 7.16. The van der Waals surface area contributed by atoms with Gasteiger partial charge >= 0.3 is 0 Å². The van der Waals surface area contributed by atoms with Gasteiger partial charge in [-0.2, -0.15) is 0 Å². The summed E-state index contributed by atoms with van der Waals surface area (Å²) in [6, 6.07) is 11.7. The van der Waals surface area contributed by atoms with Gasteiger partial charge in [0.15, 0.2) is 6.29 Å². The van der Waals surface area contributed by atoms with E-state index >= 15 is 0 Å². The molecule has 0 spiro atoms. The van der Waals surface area contributed by atoms with Crippen molar-refractivity contribution in [2.75, 3.05) is 19.8 Å². The molecule has 0 aliphatic rings. The molecule has 0 N–H and O–H groups in total. The Morgan fingerprint density at radius 2 is 1.60 bits per heavy atom. The van der Waals surface area contributed by atoms with E-state index in [0.717, 1.165) is 21.5 Å². The molecule has 0 amide bonds. The lowest BCUT2D eigenvalue weighted by molar-refractivity contribution is -0.152. The molecule has 0 heterocycles. The molecule has 2 aromatic rings. The number of benzene rings is 2. The van der Waals surface area contributed by atoms with Crippen LogP contribution in [0.25, 0.3) is 10.8 Å². The van der Waals surface area contributed by atoms with Crippen LogP contribution in [0.2, 0.25) is 5.02 Å². The van der Waals surface area contributed by atoms with Gasteiger partial charge in [-0.15, -0.1) is 0 Å². The lowest BCUT2D eigenvalue weighted by Crippen LogP contribution is -2.25. The lowest BCUT2D eigenvalue weighted by Gasteiger charge is -2.17. The normalized spacial score (nSPS) is 11.2. The van der Waals surface area contributed by atoms with Gasteiger partial charge in [-0.25, -0.2) is 0 Å². The van der Waals surface area contributed by atoms with Crippen LogP contribution >= 0.6 is 11.6 Å². The highest BCUT2D eigenvalue weighted by Crippen LogP contribution is 2.24. The Hall–Kier alpha value is -1.29. The fraction of sp³-hybridized carbons (Fsp3) is 0.375. The van der Waals surface area contributed by atoms with Crippen molar-refractivity contribution < 1.29 is 14.2 Å². The Morgan fingerprint density at radius 3 is 2.30 bits per heavy atom. The molecule has 108 valence electrons. The van der Waals surface area contributed by atoms with Crippen LogP contribution in [-0.4, -0.2) is 26.1 Å². The maximum Gasteiger partial charge on any atom is 0.191 e. The Morgan fingerprint density at radius 1 is 0.950 bits per heavy atom. The van der Waals surface area contributed by atoms with Crippen LogP contribution in [0.3, 0.4) is 0 Å². The zero-order chi connectivity index (χ0) is 14.4. The van der Waals surface area contributed by atoms with Gasteiger partial charge in [0.25, 0.3) is 0 Å². The van der Waals surface area contributed by atoms with Crippen molar-refractivity contribution in [1.29, 1.82) is 0 Å². The molecule has 0 saturated carbocycles. The van der Waals surface area contributed by atoms with E-state index in [1.807, 2.05) is 50.2 Å². The van der Waals surface area contributed by atoms with Crippen molar-refractivity contribution in [2.45, 2.75) is 20.1 Å². The Labute approximate surface area is 124 Å². The van der Waals surface area contributed by atoms with Crippen LogP contribution in [-0.2, 0) is 9.47 Å². The maximum absolute atomic E-state index is 5.97. The molecule has 2 rings (SSSR count). The molecule has 0 atom stereocenters. The van der Waals surface area contributed by atoms with Crippen LogP contribution in [0.4, 0.5) is 0 Å². The third-order valence-electron chi connectivity index (χ3n) is 2.86. The first kappa shape index (κ1) is 15.1. The lowest BCUT2D eigenvalue weighted by atomic mass is 10.1. The maximum atomic E-state index is 5.97. The summed E-state index contributed by atoms with van der Waals surface area (Å²) in [5, 5.41) is 2.92. The fourth-order valence-electron chi connectivity index (χ4n) is 1.96. The minimum atomic E-state index is -0.328. The molecule has 0 fully saturated rings. The van der Waals surface area contributed by atoms with Gasteiger partial charge in [0.05, 0.1) is 0 Å². The second-order valence-corrected chi connectivity index (χ2v) is 4.74. The highest BCUT2D eigenvalue weighted by molar-refractivity contribution is 6.31. The first-order chi connectivity index (χ1) is 9.72. The number of rotatable bonds is 7. The average molecular weight is 295 g/mol. The molecular weight excluding hydrogens is 276 g/mol. The van der Waals surface area contributed by atoms with E-state index in [4.69, 9.17) is 25.8 Å². The number of hydrogen-bond acceptors (Lipinski definition) is 3. The van der Waals surface area contributed by atoms with E-state index in [-0.39, 0.29) is 6.29 Å². The Balaban J connectivity index is 2.03. The van der Waals surface area contributed by atoms with Crippen molar-refractivity contribution >= 4 is 22.4 Å². The summed E-state index contributed by atoms with van der Waals surface area (Å²) in [7, 11) is 0. The standard InChI is InChI=1S/C16H19ClO3/c1-3-18-16(19-4-2)11-20-15-8-6-12-9-14(17)7-5-13(12)10-15/h5-10,16H,3-4,11H2,1-2H3. The van der Waals surface area contributed by atoms with Crippen molar-refractivity contribution in [1.82, 2.24) is 0 Å². The summed E-state index contributed by atoms with van der Waals surface area (Å²) in [4.78, 5) is 0. The molecule has 0 bridgehead atoms. The van der Waals surface area contributed by atoms with Gasteiger partial charge in [-0.1, -0.05) is 23.7 Å². The quantitative estimate of drug-likeness (QED) is 0.714. The second-order valence-electron chi connectivity index (χ2n) is 4.30. The number of ether oxygens (including phenoxy) is 3. The van der Waals surface area contributed by atoms with Crippen molar-refractivity contribution in [3.8, 4) is 5.75 Å². The molecule has 0 aliphatic carbocycles. The van der Waals surface area contributed by atoms with Crippen molar-refractivity contribution in [3.63, 3.8) is 0 Å². The van der Waals surface area contributed by atoms with Crippen LogP contribution in [0, 0.1) is 0 Å². The first-order valence-electron chi connectivity index (χ1n) is 6.78. The Kier molecular flexibility index (Phi) is 5.65. The molecule has 3 nitrogen and oxygen atoms in total. The predicted octanol–water partition coefficient (Wildman–Crippen LogP) is 4.27. The summed E-state index contributed by atoms with van der Waals surface area (Å²) in [6.45, 7) is 5.45. The molecule has 2 aromatic carbocycles. The third-order valence-corrected chi connectivity index (χ3v) is 3.10. The van der Waals surface area contributed by atoms with Gasteiger partial charge in [0, 0.05) is 18.2 Å². The third kappa shape index (κ3) is 4.10. The SMILES string of the molecule is CCOC(COc1ccc2cc(Cl)ccc2c1)OCC. The molecule has 4 heteroatoms. The summed E-state index contributed by atoms with van der Waals surface area (Å²) >= 11 is 5.97. The zero-order valence-corrected chi connectivity index (χ0v) is 12.5. The van der Waals surface area contributed by atoms with E-state index < -0.39 is 0 Å². The van der Waals surface area contributed by atoms with Gasteiger partial charge in [-0.3, -0.25) is 0 Å². The van der Waals surface area contributed by atoms with Gasteiger partial charge in [0.2, 0.25) is 0 Å². The molecule has 20 heavy (non-hydrogen) atoms. The second kappa shape index (κ2) is 7.48. The van der Waals surface area contributed by atoms with E-state index in [9.17, 15) is 0 Å². The molecule has 0 saturated heterocycles. The smallest absolute Gasteiger partial charge is 0.191 e. The topological polar surface area (TPSA) is 27.7 Å². The van der Waals surface area contributed by atoms with Gasteiger partial charge < -0.3 is 14.2 Å². The minimum absolute atomic E-state index is 0.328. The van der Waals surface area contributed by atoms with Gasteiger partial charge in [-0.05, 0) is 48.9 Å². The molecule has 0 unspecified atom stereocenters. The van der Waals surface area contributed by atoms with E-state index in [1.54, 1.807) is 0 Å². The van der Waals surface area contributed by atoms with Crippen LogP contribution in [0.1, 0.15) is 13.8 Å². The number of halogens is 1. The van der Waals surface area contributed by atoms with E-state index in [2.05, 4.69) is 0 Å².